The molecule has 4 aromatic rings. The first kappa shape index (κ1) is 28.2. The van der Waals surface area contributed by atoms with Gasteiger partial charge in [0.2, 0.25) is 11.8 Å². The molecule has 0 aliphatic heterocycles. The zero-order chi connectivity index (χ0) is 29.9. The van der Waals surface area contributed by atoms with E-state index in [1.54, 1.807) is 60.7 Å². The Morgan fingerprint density at radius 1 is 1.02 bits per heavy atom. The van der Waals surface area contributed by atoms with Gasteiger partial charge in [0.05, 0.1) is 19.0 Å². The van der Waals surface area contributed by atoms with Crippen molar-refractivity contribution in [3.63, 3.8) is 0 Å². The van der Waals surface area contributed by atoms with Gasteiger partial charge >= 0.3 is 0 Å². The third-order valence-electron chi connectivity index (χ3n) is 6.84. The number of aliphatic imine (C=N–C) groups is 1. The molecule has 11 heteroatoms. The van der Waals surface area contributed by atoms with Gasteiger partial charge in [-0.05, 0) is 68.3 Å². The molecule has 0 atom stereocenters. The predicted octanol–water partition coefficient (Wildman–Crippen LogP) is 5.69. The maximum atomic E-state index is 13.2. The molecule has 0 saturated heterocycles. The van der Waals surface area contributed by atoms with Crippen LogP contribution in [0.5, 0.6) is 11.5 Å². The van der Waals surface area contributed by atoms with E-state index in [0.29, 0.717) is 58.6 Å². The number of carbonyl (C=O) groups excluding carboxylic acids is 2. The molecule has 1 aliphatic carbocycles. The fourth-order valence-corrected chi connectivity index (χ4v) is 4.24. The summed E-state index contributed by atoms with van der Waals surface area (Å²) in [5, 5.41) is 9.73. The SMILES string of the molecule is C=C(OC)/C(=N\c1c(Oc2ccc(NC(=O)C3(C(=O)Nc4ccc(F)cc4)CC3)cc2)ccnc1C)c1cnn(C)c1. The van der Waals surface area contributed by atoms with Crippen LogP contribution in [0.15, 0.2) is 90.5 Å². The van der Waals surface area contributed by atoms with Crippen LogP contribution in [0.25, 0.3) is 0 Å². The highest BCUT2D eigenvalue weighted by Gasteiger charge is 2.56. The molecular formula is C31H29FN6O4. The molecule has 2 amide bonds. The zero-order valence-electron chi connectivity index (χ0n) is 23.3. The van der Waals surface area contributed by atoms with E-state index < -0.39 is 23.0 Å². The molecule has 2 N–H and O–H groups in total. The van der Waals surface area contributed by atoms with E-state index in [2.05, 4.69) is 27.3 Å². The molecule has 1 aliphatic rings. The second kappa shape index (κ2) is 11.7. The van der Waals surface area contributed by atoms with Gasteiger partial charge in [0.25, 0.3) is 0 Å². The van der Waals surface area contributed by atoms with Crippen molar-refractivity contribution in [1.82, 2.24) is 14.8 Å². The number of hydrogen-bond donors (Lipinski definition) is 2. The summed E-state index contributed by atoms with van der Waals surface area (Å²) in [5.74, 6) is 0.0802. The summed E-state index contributed by atoms with van der Waals surface area (Å²) in [4.78, 5) is 35.0. The Morgan fingerprint density at radius 2 is 1.64 bits per heavy atom. The van der Waals surface area contributed by atoms with E-state index in [1.165, 1.54) is 31.4 Å². The maximum Gasteiger partial charge on any atom is 0.240 e. The van der Waals surface area contributed by atoms with Gasteiger partial charge in [0, 0.05) is 42.4 Å². The number of ether oxygens (including phenoxy) is 2. The number of rotatable bonds is 10. The average Bonchev–Trinajstić information content (AvgIpc) is 3.70. The Morgan fingerprint density at radius 3 is 2.19 bits per heavy atom. The lowest BCUT2D eigenvalue weighted by atomic mass is 10.0. The molecule has 0 unspecified atom stereocenters. The summed E-state index contributed by atoms with van der Waals surface area (Å²) in [6, 6.07) is 13.9. The van der Waals surface area contributed by atoms with Gasteiger partial charge in [-0.1, -0.05) is 6.58 Å². The van der Waals surface area contributed by atoms with Crippen LogP contribution in [-0.2, 0) is 21.4 Å². The number of nitrogens with zero attached hydrogens (tertiary/aromatic N) is 4. The standard InChI is InChI=1S/C31H29FN6O4/c1-19-27(37-28(20(2)41-4)21-17-34-38(3)18-21)26(13-16-33-19)42-25-11-9-24(10-12-25)36-30(40)31(14-15-31)29(39)35-23-7-5-22(32)6-8-23/h5-13,16-18H,2,14-15H2,1,3-4H3,(H,35,39)(H,36,40)/b37-28+. The average molecular weight is 569 g/mol. The van der Waals surface area contributed by atoms with Crippen LogP contribution >= 0.6 is 0 Å². The number of methoxy groups -OCH3 is 1. The largest absolute Gasteiger partial charge is 0.495 e. The summed E-state index contributed by atoms with van der Waals surface area (Å²) in [7, 11) is 3.32. The van der Waals surface area contributed by atoms with Crippen molar-refractivity contribution in [3.8, 4) is 11.5 Å². The van der Waals surface area contributed by atoms with Crippen LogP contribution in [0.3, 0.4) is 0 Å². The normalized spacial score (nSPS) is 13.7. The minimum Gasteiger partial charge on any atom is -0.495 e. The second-order valence-corrected chi connectivity index (χ2v) is 9.86. The van der Waals surface area contributed by atoms with Gasteiger partial charge in [-0.3, -0.25) is 19.3 Å². The van der Waals surface area contributed by atoms with E-state index >= 15 is 0 Å². The number of carbonyl (C=O) groups is 2. The number of anilines is 2. The molecule has 1 saturated carbocycles. The second-order valence-electron chi connectivity index (χ2n) is 9.86. The van der Waals surface area contributed by atoms with E-state index in [0.717, 1.165) is 5.56 Å². The minimum atomic E-state index is -1.16. The monoisotopic (exact) mass is 568 g/mol. The van der Waals surface area contributed by atoms with E-state index in [1.807, 2.05) is 6.92 Å². The highest BCUT2D eigenvalue weighted by molar-refractivity contribution is 6.17. The number of aryl methyl sites for hydroxylation is 2. The van der Waals surface area contributed by atoms with Crippen molar-refractivity contribution >= 4 is 34.6 Å². The molecule has 0 bridgehead atoms. The molecule has 5 rings (SSSR count). The Labute approximate surface area is 241 Å². The number of hydrogen-bond acceptors (Lipinski definition) is 7. The number of halogens is 1. The summed E-state index contributed by atoms with van der Waals surface area (Å²) in [5.41, 5.74) is 2.11. The fourth-order valence-electron chi connectivity index (χ4n) is 4.24. The first-order chi connectivity index (χ1) is 20.2. The molecule has 2 aromatic carbocycles. The van der Waals surface area contributed by atoms with Crippen molar-refractivity contribution in [1.29, 1.82) is 0 Å². The summed E-state index contributed by atoms with van der Waals surface area (Å²) < 4.78 is 26.4. The summed E-state index contributed by atoms with van der Waals surface area (Å²) >= 11 is 0. The van der Waals surface area contributed by atoms with Crippen LogP contribution in [0, 0.1) is 18.2 Å². The third-order valence-corrected chi connectivity index (χ3v) is 6.84. The molecule has 214 valence electrons. The molecule has 1 fully saturated rings. The van der Waals surface area contributed by atoms with Crippen LogP contribution in [0.4, 0.5) is 21.5 Å². The van der Waals surface area contributed by atoms with Crippen LogP contribution in [0.2, 0.25) is 0 Å². The lowest BCUT2D eigenvalue weighted by Crippen LogP contribution is -2.35. The molecule has 10 nitrogen and oxygen atoms in total. The van der Waals surface area contributed by atoms with Gasteiger partial charge in [-0.2, -0.15) is 5.10 Å². The van der Waals surface area contributed by atoms with Crippen molar-refractivity contribution in [2.75, 3.05) is 17.7 Å². The third kappa shape index (κ3) is 6.04. The quantitative estimate of drug-likeness (QED) is 0.144. The van der Waals surface area contributed by atoms with Crippen molar-refractivity contribution in [3.05, 3.63) is 103 Å². The predicted molar refractivity (Wildman–Crippen MR) is 156 cm³/mol. The van der Waals surface area contributed by atoms with Gasteiger partial charge in [-0.15, -0.1) is 0 Å². The highest BCUT2D eigenvalue weighted by atomic mass is 19.1. The number of benzene rings is 2. The Bertz CT molecular complexity index is 1670. The molecule has 0 spiro atoms. The number of aromatic nitrogens is 3. The highest BCUT2D eigenvalue weighted by Crippen LogP contribution is 2.47. The fraction of sp³-hybridized carbons (Fsp3) is 0.194. The number of amides is 2. The Hall–Kier alpha value is -5.32. The zero-order valence-corrected chi connectivity index (χ0v) is 23.3. The van der Waals surface area contributed by atoms with E-state index in [9.17, 15) is 14.0 Å². The lowest BCUT2D eigenvalue weighted by molar-refractivity contribution is -0.131. The van der Waals surface area contributed by atoms with Gasteiger partial charge < -0.3 is 20.1 Å². The van der Waals surface area contributed by atoms with Crippen LogP contribution in [0.1, 0.15) is 24.1 Å². The smallest absolute Gasteiger partial charge is 0.240 e. The first-order valence-electron chi connectivity index (χ1n) is 13.1. The van der Waals surface area contributed by atoms with Gasteiger partial charge in [-0.25, -0.2) is 9.38 Å². The van der Waals surface area contributed by atoms with Gasteiger partial charge in [0.1, 0.15) is 34.1 Å². The number of nitrogens with one attached hydrogen (secondary N) is 2. The molecule has 0 radical (unpaired) electrons. The van der Waals surface area contributed by atoms with Crippen LogP contribution < -0.4 is 15.4 Å². The van der Waals surface area contributed by atoms with E-state index in [4.69, 9.17) is 14.5 Å². The van der Waals surface area contributed by atoms with Crippen molar-refractivity contribution in [2.45, 2.75) is 19.8 Å². The van der Waals surface area contributed by atoms with E-state index in [-0.39, 0.29) is 0 Å². The molecule has 2 heterocycles. The minimum absolute atomic E-state index is 0.358. The van der Waals surface area contributed by atoms with Crippen molar-refractivity contribution in [2.24, 2.45) is 17.5 Å². The van der Waals surface area contributed by atoms with Crippen LogP contribution in [-0.4, -0.2) is 39.4 Å². The van der Waals surface area contributed by atoms with Crippen molar-refractivity contribution < 1.29 is 23.5 Å². The summed E-state index contributed by atoms with van der Waals surface area (Å²) in [6.07, 6.45) is 5.95. The molecular weight excluding hydrogens is 539 g/mol. The number of pyridine rings is 1. The molecule has 42 heavy (non-hydrogen) atoms. The first-order valence-corrected chi connectivity index (χ1v) is 13.1. The maximum absolute atomic E-state index is 13.2. The topological polar surface area (TPSA) is 120 Å². The lowest BCUT2D eigenvalue weighted by Gasteiger charge is -2.16. The van der Waals surface area contributed by atoms with Gasteiger partial charge in [0.15, 0.2) is 5.75 Å². The Kier molecular flexibility index (Phi) is 7.83. The molecule has 2 aromatic heterocycles. The Balaban J connectivity index is 1.30. The number of allylic oxidation sites excluding steroid dienone is 1. The summed E-state index contributed by atoms with van der Waals surface area (Å²) in [6.45, 7) is 5.78.